The molecule has 2 saturated heterocycles. The molecule has 3 heterocycles. The van der Waals surface area contributed by atoms with Crippen LogP contribution >= 0.6 is 11.6 Å². The number of methoxy groups -OCH3 is 1. The van der Waals surface area contributed by atoms with Gasteiger partial charge in [-0.2, -0.15) is 0 Å². The lowest BCUT2D eigenvalue weighted by Gasteiger charge is -2.36. The molecule has 8 heteroatoms. The van der Waals surface area contributed by atoms with Gasteiger partial charge in [-0.15, -0.1) is 0 Å². The number of anilines is 1. The van der Waals surface area contributed by atoms with Crippen LogP contribution in [0, 0.1) is 5.92 Å². The molecule has 1 amide bonds. The van der Waals surface area contributed by atoms with Gasteiger partial charge in [0, 0.05) is 25.4 Å². The summed E-state index contributed by atoms with van der Waals surface area (Å²) >= 11 is 6.58. The number of ether oxygens (including phenoxy) is 3. The standard InChI is InChI=1S/C26H35ClN2O5/c1-15-7-5-6-8-18-14-21(34-26(31)28-18)16(2)25-20(33-25)9-10-23(30)29(3)19-12-17(11-15)13-22(32-4)24(19)27/h5-7,12-13,16,18,20-21,25-26,28,31H,8-11,14H2,1-4H3/b6-5+,15-7+/t16-,18?,20?,21+,25+,26?/m1/s1. The Kier molecular flexibility index (Phi) is 8.00. The molecule has 7 nitrogen and oxygen atoms in total. The Labute approximate surface area is 206 Å². The molecule has 3 aliphatic rings. The molecular weight excluding hydrogens is 456 g/mol. The summed E-state index contributed by atoms with van der Waals surface area (Å²) in [5.74, 6) is 0.657. The van der Waals surface area contributed by atoms with Crippen LogP contribution in [-0.4, -0.2) is 55.9 Å². The minimum atomic E-state index is -0.982. The second-order valence-electron chi connectivity index (χ2n) is 9.60. The predicted octanol–water partition coefficient (Wildman–Crippen LogP) is 3.97. The predicted molar refractivity (Wildman–Crippen MR) is 132 cm³/mol. The summed E-state index contributed by atoms with van der Waals surface area (Å²) in [6.07, 6.45) is 8.50. The molecule has 0 radical (unpaired) electrons. The lowest BCUT2D eigenvalue weighted by Crippen LogP contribution is -2.51. The largest absolute Gasteiger partial charge is 0.495 e. The van der Waals surface area contributed by atoms with Crippen LogP contribution in [0.4, 0.5) is 5.69 Å². The van der Waals surface area contributed by atoms with Gasteiger partial charge in [-0.05, 0) is 50.3 Å². The molecule has 1 aromatic rings. The Bertz CT molecular complexity index is 965. The number of rotatable bonds is 1. The molecule has 34 heavy (non-hydrogen) atoms. The van der Waals surface area contributed by atoms with Gasteiger partial charge in [0.2, 0.25) is 12.3 Å². The Morgan fingerprint density at radius 3 is 2.82 bits per heavy atom. The summed E-state index contributed by atoms with van der Waals surface area (Å²) < 4.78 is 17.2. The van der Waals surface area contributed by atoms with Crippen molar-refractivity contribution >= 4 is 23.2 Å². The minimum absolute atomic E-state index is 0.0200. The maximum atomic E-state index is 13.0. The van der Waals surface area contributed by atoms with Crippen LogP contribution < -0.4 is 15.0 Å². The molecule has 0 spiro atoms. The van der Waals surface area contributed by atoms with Gasteiger partial charge in [0.1, 0.15) is 10.8 Å². The SMILES string of the molecule is COc1cc2cc(c1Cl)N(C)C(=O)CCC1O[C@H]1[C@H](C)[C@@H]1CC(C/C=C/C=C(\C)C2)NC(O)O1. The molecule has 6 atom stereocenters. The number of epoxide rings is 1. The summed E-state index contributed by atoms with van der Waals surface area (Å²) in [5.41, 5.74) is 2.83. The number of aliphatic hydroxyl groups excluding tert-OH is 1. The number of carbonyl (C=O) groups is 1. The molecule has 1 aromatic carbocycles. The maximum absolute atomic E-state index is 13.0. The zero-order valence-electron chi connectivity index (χ0n) is 20.3. The lowest BCUT2D eigenvalue weighted by molar-refractivity contribution is -0.200. The third-order valence-electron chi connectivity index (χ3n) is 7.02. The van der Waals surface area contributed by atoms with E-state index in [0.29, 0.717) is 35.7 Å². The van der Waals surface area contributed by atoms with E-state index in [1.54, 1.807) is 19.1 Å². The number of nitrogens with zero attached hydrogens (tertiary/aromatic N) is 1. The smallest absolute Gasteiger partial charge is 0.226 e. The van der Waals surface area contributed by atoms with E-state index in [1.165, 1.54) is 5.57 Å². The van der Waals surface area contributed by atoms with Gasteiger partial charge in [0.15, 0.2) is 0 Å². The summed E-state index contributed by atoms with van der Waals surface area (Å²) in [5, 5.41) is 13.7. The number of benzene rings is 1. The van der Waals surface area contributed by atoms with Crippen LogP contribution in [0.1, 0.15) is 45.1 Å². The van der Waals surface area contributed by atoms with Crippen molar-refractivity contribution in [3.05, 3.63) is 46.5 Å². The van der Waals surface area contributed by atoms with Crippen molar-refractivity contribution in [2.45, 2.75) is 76.7 Å². The van der Waals surface area contributed by atoms with E-state index in [9.17, 15) is 9.90 Å². The quantitative estimate of drug-likeness (QED) is 0.580. The number of amides is 1. The Morgan fingerprint density at radius 2 is 2.06 bits per heavy atom. The topological polar surface area (TPSA) is 83.6 Å². The minimum Gasteiger partial charge on any atom is -0.495 e. The maximum Gasteiger partial charge on any atom is 0.226 e. The summed E-state index contributed by atoms with van der Waals surface area (Å²) in [6.45, 7) is 4.17. The van der Waals surface area contributed by atoms with Crippen LogP contribution in [0.25, 0.3) is 0 Å². The van der Waals surface area contributed by atoms with Crippen molar-refractivity contribution in [3.63, 3.8) is 0 Å². The normalized spacial score (nSPS) is 35.2. The number of halogens is 1. The fourth-order valence-corrected chi connectivity index (χ4v) is 5.25. The highest BCUT2D eigenvalue weighted by atomic mass is 35.5. The average Bonchev–Trinajstić information content (AvgIpc) is 3.59. The number of allylic oxidation sites excluding steroid dienone is 3. The first-order valence-corrected chi connectivity index (χ1v) is 12.3. The fourth-order valence-electron chi connectivity index (χ4n) is 4.93. The van der Waals surface area contributed by atoms with Crippen LogP contribution in [0.3, 0.4) is 0 Å². The second-order valence-corrected chi connectivity index (χ2v) is 9.98. The highest BCUT2D eigenvalue weighted by Gasteiger charge is 2.47. The van der Waals surface area contributed by atoms with Crippen molar-refractivity contribution in [2.75, 3.05) is 19.1 Å². The van der Waals surface area contributed by atoms with Crippen LogP contribution in [0.15, 0.2) is 35.9 Å². The lowest BCUT2D eigenvalue weighted by atomic mass is 9.90. The Hall–Kier alpha value is -1.90. The van der Waals surface area contributed by atoms with Gasteiger partial charge in [0.25, 0.3) is 0 Å². The van der Waals surface area contributed by atoms with Gasteiger partial charge in [-0.1, -0.05) is 42.3 Å². The molecule has 0 aliphatic carbocycles. The number of nitrogens with one attached hydrogen (secondary N) is 1. The highest BCUT2D eigenvalue weighted by molar-refractivity contribution is 6.35. The molecule has 0 saturated carbocycles. The summed E-state index contributed by atoms with van der Waals surface area (Å²) in [6, 6.07) is 4.01. The van der Waals surface area contributed by atoms with Gasteiger partial charge in [0.05, 0.1) is 31.1 Å². The zero-order valence-corrected chi connectivity index (χ0v) is 21.0. The third-order valence-corrected chi connectivity index (χ3v) is 7.40. The highest BCUT2D eigenvalue weighted by Crippen LogP contribution is 2.39. The molecule has 3 unspecified atom stereocenters. The number of aliphatic hydroxyl groups is 1. The van der Waals surface area contributed by atoms with Crippen LogP contribution in [0.2, 0.25) is 5.02 Å². The third kappa shape index (κ3) is 5.83. The van der Waals surface area contributed by atoms with Crippen molar-refractivity contribution in [1.29, 1.82) is 0 Å². The van der Waals surface area contributed by atoms with E-state index in [2.05, 4.69) is 37.4 Å². The van der Waals surface area contributed by atoms with Crippen LogP contribution in [-0.2, 0) is 20.7 Å². The number of fused-ring (bicyclic) bond motifs is 5. The number of hydrogen-bond acceptors (Lipinski definition) is 6. The molecule has 0 aromatic heterocycles. The number of carbonyl (C=O) groups excluding carboxylic acids is 1. The first kappa shape index (κ1) is 25.2. The average molecular weight is 491 g/mol. The van der Waals surface area contributed by atoms with Crippen molar-refractivity contribution in [1.82, 2.24) is 5.32 Å². The summed E-state index contributed by atoms with van der Waals surface area (Å²) in [4.78, 5) is 14.6. The monoisotopic (exact) mass is 490 g/mol. The van der Waals surface area contributed by atoms with E-state index >= 15 is 0 Å². The number of hydrogen-bond donors (Lipinski definition) is 2. The Morgan fingerprint density at radius 1 is 1.26 bits per heavy atom. The fraction of sp³-hybridized carbons (Fsp3) is 0.577. The van der Waals surface area contributed by atoms with Crippen molar-refractivity contribution < 1.29 is 24.1 Å². The zero-order chi connectivity index (χ0) is 24.4. The first-order chi connectivity index (χ1) is 16.3. The van der Waals surface area contributed by atoms with Crippen molar-refractivity contribution in [3.8, 4) is 5.75 Å². The molecule has 2 fully saturated rings. The molecule has 4 bridgehead atoms. The molecule has 186 valence electrons. The van der Waals surface area contributed by atoms with Crippen molar-refractivity contribution in [2.24, 2.45) is 5.92 Å². The Balaban J connectivity index is 1.60. The van der Waals surface area contributed by atoms with E-state index < -0.39 is 6.41 Å². The molecule has 2 N–H and O–H groups in total. The first-order valence-electron chi connectivity index (χ1n) is 12.0. The summed E-state index contributed by atoms with van der Waals surface area (Å²) in [7, 11) is 3.33. The molecule has 4 rings (SSSR count). The second kappa shape index (κ2) is 10.8. The van der Waals surface area contributed by atoms with Gasteiger partial charge < -0.3 is 24.2 Å². The van der Waals surface area contributed by atoms with Gasteiger partial charge in [-0.25, -0.2) is 0 Å². The van der Waals surface area contributed by atoms with E-state index in [0.717, 1.165) is 18.4 Å². The van der Waals surface area contributed by atoms with Gasteiger partial charge in [-0.3, -0.25) is 10.1 Å². The van der Waals surface area contributed by atoms with E-state index in [1.807, 2.05) is 12.1 Å². The van der Waals surface area contributed by atoms with Gasteiger partial charge >= 0.3 is 0 Å². The molecular formula is C26H35ClN2O5. The van der Waals surface area contributed by atoms with E-state index in [4.69, 9.17) is 25.8 Å². The van der Waals surface area contributed by atoms with E-state index in [-0.39, 0.29) is 36.2 Å². The van der Waals surface area contributed by atoms with Crippen LogP contribution in [0.5, 0.6) is 5.75 Å². The molecule has 3 aliphatic heterocycles.